The third kappa shape index (κ3) is 3.01. The fourth-order valence-corrected chi connectivity index (χ4v) is 1.92. The van der Waals surface area contributed by atoms with E-state index in [4.69, 9.17) is 5.73 Å². The molecule has 0 amide bonds. The number of nitrogens with zero attached hydrogens (tertiary/aromatic N) is 1. The maximum absolute atomic E-state index is 5.68. The number of nitrogens with two attached hydrogens (primary N) is 1. The third-order valence-electron chi connectivity index (χ3n) is 2.85. The molecule has 1 aromatic heterocycles. The fraction of sp³-hybridized carbons (Fsp3) is 0.214. The predicted octanol–water partition coefficient (Wildman–Crippen LogP) is 3.91. The van der Waals surface area contributed by atoms with E-state index in [0.29, 0.717) is 0 Å². The Morgan fingerprint density at radius 3 is 2.56 bits per heavy atom. The highest BCUT2D eigenvalue weighted by molar-refractivity contribution is 9.10. The van der Waals surface area contributed by atoms with Crippen molar-refractivity contribution in [2.75, 3.05) is 11.1 Å². The molecule has 0 spiro atoms. The SMILES string of the molecule is Cc1cc(NC(C)c2ccc(N)cc2)ncc1Br. The molecule has 0 aliphatic heterocycles. The molecule has 2 aromatic rings. The number of hydrogen-bond acceptors (Lipinski definition) is 3. The van der Waals surface area contributed by atoms with E-state index in [1.807, 2.05) is 43.5 Å². The van der Waals surface area contributed by atoms with E-state index in [1.165, 1.54) is 5.56 Å². The lowest BCUT2D eigenvalue weighted by Gasteiger charge is -2.15. The van der Waals surface area contributed by atoms with E-state index in [0.717, 1.165) is 21.5 Å². The second kappa shape index (κ2) is 5.40. The fourth-order valence-electron chi connectivity index (χ4n) is 1.71. The Bertz CT molecular complexity index is 537. The van der Waals surface area contributed by atoms with Crippen LogP contribution in [0.15, 0.2) is 41.0 Å². The largest absolute Gasteiger partial charge is 0.399 e. The summed E-state index contributed by atoms with van der Waals surface area (Å²) >= 11 is 3.44. The summed E-state index contributed by atoms with van der Waals surface area (Å²) in [4.78, 5) is 4.34. The number of benzene rings is 1. The molecule has 3 nitrogen and oxygen atoms in total. The van der Waals surface area contributed by atoms with Gasteiger partial charge in [0.2, 0.25) is 0 Å². The number of nitrogens with one attached hydrogen (secondary N) is 1. The topological polar surface area (TPSA) is 50.9 Å². The number of aryl methyl sites for hydroxylation is 1. The van der Waals surface area contributed by atoms with Crippen molar-refractivity contribution in [3.8, 4) is 0 Å². The summed E-state index contributed by atoms with van der Waals surface area (Å²) in [7, 11) is 0. The summed E-state index contributed by atoms with van der Waals surface area (Å²) in [5.74, 6) is 0.875. The summed E-state index contributed by atoms with van der Waals surface area (Å²) in [6.45, 7) is 4.15. The maximum atomic E-state index is 5.68. The van der Waals surface area contributed by atoms with Crippen molar-refractivity contribution in [3.05, 3.63) is 52.1 Å². The Morgan fingerprint density at radius 2 is 1.94 bits per heavy atom. The maximum Gasteiger partial charge on any atom is 0.126 e. The second-order valence-corrected chi connectivity index (χ2v) is 5.21. The Kier molecular flexibility index (Phi) is 3.87. The second-order valence-electron chi connectivity index (χ2n) is 4.35. The molecule has 0 saturated heterocycles. The van der Waals surface area contributed by atoms with E-state index in [2.05, 4.69) is 33.2 Å². The van der Waals surface area contributed by atoms with Crippen molar-refractivity contribution in [2.45, 2.75) is 19.9 Å². The van der Waals surface area contributed by atoms with Crippen molar-refractivity contribution in [1.29, 1.82) is 0 Å². The summed E-state index contributed by atoms with van der Waals surface area (Å²) < 4.78 is 1.02. The molecule has 0 radical (unpaired) electrons. The first kappa shape index (κ1) is 12.9. The van der Waals surface area contributed by atoms with Gasteiger partial charge >= 0.3 is 0 Å². The van der Waals surface area contributed by atoms with Gasteiger partial charge in [-0.1, -0.05) is 12.1 Å². The number of aromatic nitrogens is 1. The van der Waals surface area contributed by atoms with E-state index in [1.54, 1.807) is 0 Å². The van der Waals surface area contributed by atoms with Crippen LogP contribution in [0.25, 0.3) is 0 Å². The molecular formula is C14H16BrN3. The van der Waals surface area contributed by atoms with Crippen LogP contribution in [0.5, 0.6) is 0 Å². The van der Waals surface area contributed by atoms with Crippen molar-refractivity contribution >= 4 is 27.4 Å². The van der Waals surface area contributed by atoms with Crippen molar-refractivity contribution in [1.82, 2.24) is 4.98 Å². The van der Waals surface area contributed by atoms with Gasteiger partial charge in [-0.3, -0.25) is 0 Å². The van der Waals surface area contributed by atoms with Gasteiger partial charge in [-0.15, -0.1) is 0 Å². The molecule has 0 bridgehead atoms. The number of rotatable bonds is 3. The quantitative estimate of drug-likeness (QED) is 0.845. The number of hydrogen-bond donors (Lipinski definition) is 2. The van der Waals surface area contributed by atoms with Gasteiger partial charge in [0.15, 0.2) is 0 Å². The molecule has 1 atom stereocenters. The van der Waals surface area contributed by atoms with E-state index < -0.39 is 0 Å². The first-order chi connectivity index (χ1) is 8.56. The molecule has 18 heavy (non-hydrogen) atoms. The van der Waals surface area contributed by atoms with Crippen LogP contribution >= 0.6 is 15.9 Å². The van der Waals surface area contributed by atoms with Crippen LogP contribution in [-0.2, 0) is 0 Å². The minimum Gasteiger partial charge on any atom is -0.399 e. The molecule has 94 valence electrons. The third-order valence-corrected chi connectivity index (χ3v) is 3.68. The summed E-state index contributed by atoms with van der Waals surface area (Å²) in [5, 5.41) is 3.37. The van der Waals surface area contributed by atoms with Crippen LogP contribution in [0, 0.1) is 6.92 Å². The Hall–Kier alpha value is -1.55. The number of anilines is 2. The zero-order chi connectivity index (χ0) is 13.1. The molecule has 1 aromatic carbocycles. The Morgan fingerprint density at radius 1 is 1.28 bits per heavy atom. The van der Waals surface area contributed by atoms with Crippen molar-refractivity contribution < 1.29 is 0 Å². The number of nitrogen functional groups attached to an aromatic ring is 1. The Balaban J connectivity index is 2.13. The molecule has 0 saturated carbocycles. The van der Waals surface area contributed by atoms with Crippen LogP contribution in [0.2, 0.25) is 0 Å². The van der Waals surface area contributed by atoms with Crippen LogP contribution in [0.4, 0.5) is 11.5 Å². The lowest BCUT2D eigenvalue weighted by molar-refractivity contribution is 0.874. The average Bonchev–Trinajstić information content (AvgIpc) is 2.34. The van der Waals surface area contributed by atoms with Gasteiger partial charge in [-0.2, -0.15) is 0 Å². The molecule has 1 heterocycles. The van der Waals surface area contributed by atoms with Gasteiger partial charge in [-0.25, -0.2) is 4.98 Å². The summed E-state index contributed by atoms with van der Waals surface area (Å²) in [6.07, 6.45) is 1.81. The number of halogens is 1. The molecule has 3 N–H and O–H groups in total. The van der Waals surface area contributed by atoms with Crippen LogP contribution in [0.3, 0.4) is 0 Å². The minimum atomic E-state index is 0.193. The van der Waals surface area contributed by atoms with E-state index in [9.17, 15) is 0 Å². The van der Waals surface area contributed by atoms with E-state index in [-0.39, 0.29) is 6.04 Å². The van der Waals surface area contributed by atoms with Gasteiger partial charge in [0.05, 0.1) is 0 Å². The van der Waals surface area contributed by atoms with Gasteiger partial charge in [0.25, 0.3) is 0 Å². The zero-order valence-corrected chi connectivity index (χ0v) is 12.0. The van der Waals surface area contributed by atoms with Gasteiger partial charge < -0.3 is 11.1 Å². The summed E-state index contributed by atoms with van der Waals surface area (Å²) in [6, 6.07) is 10.1. The van der Waals surface area contributed by atoms with Gasteiger partial charge in [0.1, 0.15) is 5.82 Å². The standard InChI is InChI=1S/C14H16BrN3/c1-9-7-14(17-8-13(9)15)18-10(2)11-3-5-12(16)6-4-11/h3-8,10H,16H2,1-2H3,(H,17,18). The smallest absolute Gasteiger partial charge is 0.126 e. The highest BCUT2D eigenvalue weighted by Crippen LogP contribution is 2.22. The molecule has 0 fully saturated rings. The molecule has 2 rings (SSSR count). The molecular weight excluding hydrogens is 290 g/mol. The first-order valence-corrected chi connectivity index (χ1v) is 6.59. The van der Waals surface area contributed by atoms with Gasteiger partial charge in [0, 0.05) is 22.4 Å². The van der Waals surface area contributed by atoms with E-state index >= 15 is 0 Å². The highest BCUT2D eigenvalue weighted by atomic mass is 79.9. The van der Waals surface area contributed by atoms with Crippen LogP contribution < -0.4 is 11.1 Å². The van der Waals surface area contributed by atoms with Crippen LogP contribution in [-0.4, -0.2) is 4.98 Å². The normalized spacial score (nSPS) is 12.2. The Labute approximate surface area is 116 Å². The molecule has 1 unspecified atom stereocenters. The summed E-state index contributed by atoms with van der Waals surface area (Å²) in [5.41, 5.74) is 8.81. The van der Waals surface area contributed by atoms with Crippen molar-refractivity contribution in [3.63, 3.8) is 0 Å². The highest BCUT2D eigenvalue weighted by Gasteiger charge is 2.06. The molecule has 4 heteroatoms. The van der Waals surface area contributed by atoms with Crippen molar-refractivity contribution in [2.24, 2.45) is 0 Å². The molecule has 0 aliphatic carbocycles. The predicted molar refractivity (Wildman–Crippen MR) is 79.6 cm³/mol. The van der Waals surface area contributed by atoms with Crippen LogP contribution in [0.1, 0.15) is 24.1 Å². The first-order valence-electron chi connectivity index (χ1n) is 5.80. The van der Waals surface area contributed by atoms with Gasteiger partial charge in [-0.05, 0) is 59.1 Å². The number of pyridine rings is 1. The lowest BCUT2D eigenvalue weighted by atomic mass is 10.1. The zero-order valence-electron chi connectivity index (χ0n) is 10.4. The monoisotopic (exact) mass is 305 g/mol. The minimum absolute atomic E-state index is 0.193. The lowest BCUT2D eigenvalue weighted by Crippen LogP contribution is -2.08. The average molecular weight is 306 g/mol. The molecule has 0 aliphatic rings.